The Balaban J connectivity index is 1.46. The highest BCUT2D eigenvalue weighted by Crippen LogP contribution is 2.36. The smallest absolute Gasteiger partial charge is 0.337 e. The Bertz CT molecular complexity index is 966. The molecule has 0 radical (unpaired) electrons. The van der Waals surface area contributed by atoms with E-state index < -0.39 is 0 Å². The Morgan fingerprint density at radius 1 is 0.963 bits per heavy atom. The van der Waals surface area contributed by atoms with Gasteiger partial charge in [0.15, 0.2) is 11.5 Å². The maximum Gasteiger partial charge on any atom is 0.337 e. The lowest BCUT2D eigenvalue weighted by Gasteiger charge is -2.10. The first kappa shape index (κ1) is 17.0. The van der Waals surface area contributed by atoms with Crippen molar-refractivity contribution in [1.29, 1.82) is 0 Å². The second-order valence-electron chi connectivity index (χ2n) is 6.19. The van der Waals surface area contributed by atoms with Crippen molar-refractivity contribution in [2.45, 2.75) is 6.54 Å². The first-order valence-corrected chi connectivity index (χ1v) is 8.64. The topological polar surface area (TPSA) is 56.8 Å². The maximum atomic E-state index is 11.5. The molecule has 1 heterocycles. The van der Waals surface area contributed by atoms with Crippen LogP contribution >= 0.6 is 0 Å². The molecule has 3 aromatic rings. The molecule has 5 heteroatoms. The third-order valence-corrected chi connectivity index (χ3v) is 4.44. The lowest BCUT2D eigenvalue weighted by Crippen LogP contribution is -2.03. The zero-order valence-electron chi connectivity index (χ0n) is 14.9. The Hall–Kier alpha value is -3.47. The minimum Gasteiger partial charge on any atom is -0.465 e. The van der Waals surface area contributed by atoms with Gasteiger partial charge >= 0.3 is 5.97 Å². The van der Waals surface area contributed by atoms with Crippen LogP contribution in [-0.2, 0) is 11.3 Å². The van der Waals surface area contributed by atoms with Gasteiger partial charge in [-0.3, -0.25) is 0 Å². The summed E-state index contributed by atoms with van der Waals surface area (Å²) in [4.78, 5) is 11.5. The number of ether oxygens (including phenoxy) is 3. The normalized spacial score (nSPS) is 11.9. The molecule has 5 nitrogen and oxygen atoms in total. The summed E-state index contributed by atoms with van der Waals surface area (Å²) in [6.07, 6.45) is 0. The number of hydrogen-bond acceptors (Lipinski definition) is 5. The van der Waals surface area contributed by atoms with Gasteiger partial charge in [-0.2, -0.15) is 0 Å². The number of methoxy groups -OCH3 is 1. The largest absolute Gasteiger partial charge is 0.465 e. The fourth-order valence-corrected chi connectivity index (χ4v) is 2.97. The number of esters is 1. The second-order valence-corrected chi connectivity index (χ2v) is 6.19. The van der Waals surface area contributed by atoms with Crippen molar-refractivity contribution in [2.75, 3.05) is 19.2 Å². The molecule has 0 bridgehead atoms. The number of carbonyl (C=O) groups excluding carboxylic acids is 1. The van der Waals surface area contributed by atoms with E-state index in [1.54, 1.807) is 12.1 Å². The van der Waals surface area contributed by atoms with Crippen molar-refractivity contribution >= 4 is 11.7 Å². The molecule has 0 saturated carbocycles. The van der Waals surface area contributed by atoms with Crippen LogP contribution in [0.3, 0.4) is 0 Å². The predicted molar refractivity (Wildman–Crippen MR) is 103 cm³/mol. The molecular formula is C22H19NO4. The Morgan fingerprint density at radius 3 is 2.56 bits per heavy atom. The van der Waals surface area contributed by atoms with E-state index in [1.165, 1.54) is 7.11 Å². The highest BCUT2D eigenvalue weighted by atomic mass is 16.7. The lowest BCUT2D eigenvalue weighted by atomic mass is 10.0. The molecular weight excluding hydrogens is 342 g/mol. The number of benzene rings is 3. The third-order valence-electron chi connectivity index (χ3n) is 4.44. The highest BCUT2D eigenvalue weighted by Gasteiger charge is 2.14. The van der Waals surface area contributed by atoms with Gasteiger partial charge in [-0.1, -0.05) is 30.3 Å². The molecule has 1 aliphatic rings. The predicted octanol–water partition coefficient (Wildman–Crippen LogP) is 4.48. The molecule has 0 aromatic heterocycles. The molecule has 4 rings (SSSR count). The van der Waals surface area contributed by atoms with Crippen LogP contribution in [0, 0.1) is 0 Å². The minimum atomic E-state index is -0.328. The number of rotatable bonds is 5. The van der Waals surface area contributed by atoms with Gasteiger partial charge in [-0.05, 0) is 53.1 Å². The van der Waals surface area contributed by atoms with Crippen LogP contribution in [-0.4, -0.2) is 19.9 Å². The van der Waals surface area contributed by atoms with Gasteiger partial charge in [0, 0.05) is 12.2 Å². The lowest BCUT2D eigenvalue weighted by molar-refractivity contribution is 0.0600. The van der Waals surface area contributed by atoms with Crippen LogP contribution in [0.2, 0.25) is 0 Å². The van der Waals surface area contributed by atoms with Gasteiger partial charge in [-0.25, -0.2) is 4.79 Å². The van der Waals surface area contributed by atoms with Crippen LogP contribution in [0.25, 0.3) is 11.1 Å². The summed E-state index contributed by atoms with van der Waals surface area (Å²) in [6.45, 7) is 0.932. The molecule has 136 valence electrons. The van der Waals surface area contributed by atoms with Gasteiger partial charge in [0.05, 0.1) is 12.7 Å². The molecule has 27 heavy (non-hydrogen) atoms. The molecule has 0 spiro atoms. The summed E-state index contributed by atoms with van der Waals surface area (Å²) in [7, 11) is 1.38. The van der Waals surface area contributed by atoms with E-state index in [0.29, 0.717) is 12.1 Å². The summed E-state index contributed by atoms with van der Waals surface area (Å²) in [5, 5.41) is 3.41. The first-order chi connectivity index (χ1) is 13.2. The molecule has 0 fully saturated rings. The molecule has 1 N–H and O–H groups in total. The van der Waals surface area contributed by atoms with Gasteiger partial charge < -0.3 is 19.5 Å². The zero-order valence-corrected chi connectivity index (χ0v) is 14.9. The monoisotopic (exact) mass is 361 g/mol. The van der Waals surface area contributed by atoms with E-state index in [-0.39, 0.29) is 12.8 Å². The number of carbonyl (C=O) groups is 1. The van der Waals surface area contributed by atoms with Crippen molar-refractivity contribution < 1.29 is 19.0 Å². The Labute approximate surface area is 157 Å². The molecule has 0 aliphatic carbocycles. The van der Waals surface area contributed by atoms with Gasteiger partial charge in [0.2, 0.25) is 6.79 Å². The van der Waals surface area contributed by atoms with Crippen LogP contribution in [0.1, 0.15) is 15.9 Å². The number of nitrogens with one attached hydrogen (secondary N) is 1. The van der Waals surface area contributed by atoms with Crippen molar-refractivity contribution in [2.24, 2.45) is 0 Å². The van der Waals surface area contributed by atoms with Crippen molar-refractivity contribution in [3.8, 4) is 22.6 Å². The number of anilines is 1. The second kappa shape index (κ2) is 7.41. The molecule has 0 atom stereocenters. The summed E-state index contributed by atoms with van der Waals surface area (Å²) in [5.41, 5.74) is 4.81. The number of hydrogen-bond donors (Lipinski definition) is 1. The molecule has 0 unspecified atom stereocenters. The number of fused-ring (bicyclic) bond motifs is 1. The van der Waals surface area contributed by atoms with Crippen molar-refractivity contribution in [1.82, 2.24) is 0 Å². The Morgan fingerprint density at radius 2 is 1.74 bits per heavy atom. The maximum absolute atomic E-state index is 11.5. The van der Waals surface area contributed by atoms with E-state index in [2.05, 4.69) is 17.4 Å². The molecule has 0 amide bonds. The standard InChI is InChI=1S/C22H19NO4/c1-25-22(24)16-7-5-15(6-8-16)13-23-19-4-2-3-17(11-19)18-9-10-20-21(12-18)27-14-26-20/h2-12,23H,13-14H2,1H3. The summed E-state index contributed by atoms with van der Waals surface area (Å²) < 4.78 is 15.5. The van der Waals surface area contributed by atoms with Gasteiger partial charge in [-0.15, -0.1) is 0 Å². The molecule has 3 aromatic carbocycles. The minimum absolute atomic E-state index is 0.273. The fraction of sp³-hybridized carbons (Fsp3) is 0.136. The molecule has 0 saturated heterocycles. The van der Waals surface area contributed by atoms with E-state index in [4.69, 9.17) is 14.2 Å². The van der Waals surface area contributed by atoms with Gasteiger partial charge in [0.25, 0.3) is 0 Å². The van der Waals surface area contributed by atoms with Gasteiger partial charge in [0.1, 0.15) is 0 Å². The zero-order chi connectivity index (χ0) is 18.6. The van der Waals surface area contributed by atoms with Crippen LogP contribution in [0.5, 0.6) is 11.5 Å². The van der Waals surface area contributed by atoms with Crippen LogP contribution in [0.15, 0.2) is 66.7 Å². The van der Waals surface area contributed by atoms with Crippen molar-refractivity contribution in [3.05, 3.63) is 77.9 Å². The SMILES string of the molecule is COC(=O)c1ccc(CNc2cccc(-c3ccc4c(c3)OCO4)c2)cc1. The average Bonchev–Trinajstić information content (AvgIpc) is 3.20. The van der Waals surface area contributed by atoms with E-state index in [1.807, 2.05) is 42.5 Å². The summed E-state index contributed by atoms with van der Waals surface area (Å²) in [6, 6.07) is 21.5. The van der Waals surface area contributed by atoms with E-state index >= 15 is 0 Å². The summed E-state index contributed by atoms with van der Waals surface area (Å²) in [5.74, 6) is 1.23. The first-order valence-electron chi connectivity index (χ1n) is 8.64. The summed E-state index contributed by atoms with van der Waals surface area (Å²) >= 11 is 0. The van der Waals surface area contributed by atoms with E-state index in [9.17, 15) is 4.79 Å². The molecule has 1 aliphatic heterocycles. The van der Waals surface area contributed by atoms with E-state index in [0.717, 1.165) is 33.9 Å². The average molecular weight is 361 g/mol. The van der Waals surface area contributed by atoms with Crippen molar-refractivity contribution in [3.63, 3.8) is 0 Å². The van der Waals surface area contributed by atoms with Crippen LogP contribution in [0.4, 0.5) is 5.69 Å². The van der Waals surface area contributed by atoms with Crippen LogP contribution < -0.4 is 14.8 Å². The Kier molecular flexibility index (Phi) is 4.66. The quantitative estimate of drug-likeness (QED) is 0.679. The third kappa shape index (κ3) is 3.72. The fourth-order valence-electron chi connectivity index (χ4n) is 2.97. The highest BCUT2D eigenvalue weighted by molar-refractivity contribution is 5.89.